The average Bonchev–Trinajstić information content (AvgIpc) is 3.16. The Morgan fingerprint density at radius 1 is 1.19 bits per heavy atom. The van der Waals surface area contributed by atoms with Gasteiger partial charge in [-0.3, -0.25) is 9.88 Å². The maximum Gasteiger partial charge on any atom is 0.319 e. The minimum absolute atomic E-state index is 0.0259. The van der Waals surface area contributed by atoms with Crippen molar-refractivity contribution in [3.63, 3.8) is 0 Å². The predicted octanol–water partition coefficient (Wildman–Crippen LogP) is 3.92. The molecule has 2 heterocycles. The third-order valence-electron chi connectivity index (χ3n) is 5.77. The van der Waals surface area contributed by atoms with E-state index >= 15 is 0 Å². The molecule has 0 radical (unpaired) electrons. The summed E-state index contributed by atoms with van der Waals surface area (Å²) < 4.78 is 18.7. The molecular formula is C24H27FN4O2. The Labute approximate surface area is 181 Å². The number of nitrogens with zero attached hydrogens (tertiary/aromatic N) is 2. The number of hydrogen-bond acceptors (Lipinski definition) is 4. The molecule has 6 nitrogen and oxygen atoms in total. The van der Waals surface area contributed by atoms with Crippen LogP contribution in [0.5, 0.6) is 0 Å². The van der Waals surface area contributed by atoms with Crippen LogP contribution >= 0.6 is 0 Å². The number of benzene rings is 2. The number of likely N-dealkylation sites (tertiary alicyclic amines) is 1. The zero-order valence-corrected chi connectivity index (χ0v) is 17.8. The molecule has 2 N–H and O–H groups in total. The molecule has 31 heavy (non-hydrogen) atoms. The van der Waals surface area contributed by atoms with Gasteiger partial charge < -0.3 is 15.4 Å². The van der Waals surface area contributed by atoms with Gasteiger partial charge in [0.2, 0.25) is 0 Å². The molecule has 1 saturated heterocycles. The smallest absolute Gasteiger partial charge is 0.319 e. The van der Waals surface area contributed by atoms with Gasteiger partial charge in [-0.1, -0.05) is 30.3 Å². The summed E-state index contributed by atoms with van der Waals surface area (Å²) in [5.41, 5.74) is 3.03. The van der Waals surface area contributed by atoms with Crippen LogP contribution in [0.15, 0.2) is 54.6 Å². The zero-order valence-electron chi connectivity index (χ0n) is 17.8. The van der Waals surface area contributed by atoms with Crippen LogP contribution in [0.25, 0.3) is 10.9 Å². The zero-order chi connectivity index (χ0) is 21.8. The van der Waals surface area contributed by atoms with Gasteiger partial charge in [0.15, 0.2) is 0 Å². The van der Waals surface area contributed by atoms with Crippen molar-refractivity contribution in [2.24, 2.45) is 0 Å². The summed E-state index contributed by atoms with van der Waals surface area (Å²) in [6.07, 6.45) is 0. The first-order valence-corrected chi connectivity index (χ1v) is 10.4. The lowest BCUT2D eigenvalue weighted by atomic mass is 9.94. The van der Waals surface area contributed by atoms with E-state index in [9.17, 15) is 9.18 Å². The number of hydrogen-bond donors (Lipinski definition) is 2. The molecule has 162 valence electrons. The molecule has 0 spiro atoms. The van der Waals surface area contributed by atoms with E-state index in [4.69, 9.17) is 4.74 Å². The largest absolute Gasteiger partial charge is 0.383 e. The van der Waals surface area contributed by atoms with Crippen molar-refractivity contribution >= 4 is 22.6 Å². The standard InChI is InChI=1S/C24H27FN4O2/c1-16-21(12-18-8-9-19(25)13-22(18)26-16)27-24(30)28-23-15-29(10-11-31-2)14-20(23)17-6-4-3-5-7-17/h3-9,12-13,20,23H,10-11,14-15H2,1-2H3,(H2,27,28,30)/t20-,23+/m0/s1. The number of pyridine rings is 1. The highest BCUT2D eigenvalue weighted by atomic mass is 19.1. The third-order valence-corrected chi connectivity index (χ3v) is 5.77. The van der Waals surface area contributed by atoms with Crippen LogP contribution < -0.4 is 10.6 Å². The monoisotopic (exact) mass is 422 g/mol. The van der Waals surface area contributed by atoms with E-state index in [-0.39, 0.29) is 23.8 Å². The number of nitrogens with one attached hydrogen (secondary N) is 2. The summed E-state index contributed by atoms with van der Waals surface area (Å²) >= 11 is 0. The lowest BCUT2D eigenvalue weighted by Gasteiger charge is -2.21. The lowest BCUT2D eigenvalue weighted by molar-refractivity contribution is 0.159. The topological polar surface area (TPSA) is 66.5 Å². The Balaban J connectivity index is 1.49. The summed E-state index contributed by atoms with van der Waals surface area (Å²) in [5.74, 6) is -0.133. The van der Waals surface area contributed by atoms with E-state index in [1.807, 2.05) is 24.3 Å². The molecule has 0 aliphatic carbocycles. The second kappa shape index (κ2) is 9.41. The quantitative estimate of drug-likeness (QED) is 0.632. The van der Waals surface area contributed by atoms with Gasteiger partial charge >= 0.3 is 6.03 Å². The SMILES string of the molecule is COCCN1C[C@@H](NC(=O)Nc2cc3ccc(F)cc3nc2C)[C@H](c2ccccc2)C1. The normalized spacial score (nSPS) is 18.9. The Morgan fingerprint density at radius 2 is 2.00 bits per heavy atom. The molecule has 1 aliphatic heterocycles. The number of rotatable bonds is 6. The van der Waals surface area contributed by atoms with E-state index in [0.717, 1.165) is 25.0 Å². The maximum absolute atomic E-state index is 13.5. The molecule has 7 heteroatoms. The molecule has 2 atom stereocenters. The Bertz CT molecular complexity index is 1060. The Morgan fingerprint density at radius 3 is 2.77 bits per heavy atom. The van der Waals surface area contributed by atoms with Crippen LogP contribution in [0.4, 0.5) is 14.9 Å². The van der Waals surface area contributed by atoms with Crippen molar-refractivity contribution in [3.05, 3.63) is 71.7 Å². The van der Waals surface area contributed by atoms with E-state index in [2.05, 4.69) is 32.7 Å². The number of halogens is 1. The minimum atomic E-state index is -0.330. The van der Waals surface area contributed by atoms with Gasteiger partial charge in [-0.2, -0.15) is 0 Å². The average molecular weight is 423 g/mol. The number of urea groups is 1. The van der Waals surface area contributed by atoms with Crippen molar-refractivity contribution in [1.29, 1.82) is 0 Å². The van der Waals surface area contributed by atoms with Gasteiger partial charge in [0, 0.05) is 44.1 Å². The highest BCUT2D eigenvalue weighted by Gasteiger charge is 2.34. The first kappa shape index (κ1) is 21.2. The van der Waals surface area contributed by atoms with Crippen LogP contribution in [0.1, 0.15) is 17.2 Å². The summed E-state index contributed by atoms with van der Waals surface area (Å²) in [6, 6.07) is 16.2. The van der Waals surface area contributed by atoms with E-state index in [1.165, 1.54) is 17.7 Å². The van der Waals surface area contributed by atoms with E-state index in [1.54, 1.807) is 20.1 Å². The van der Waals surface area contributed by atoms with Crippen molar-refractivity contribution < 1.29 is 13.9 Å². The van der Waals surface area contributed by atoms with Crippen LogP contribution in [0, 0.1) is 12.7 Å². The lowest BCUT2D eigenvalue weighted by Crippen LogP contribution is -2.42. The predicted molar refractivity (Wildman–Crippen MR) is 120 cm³/mol. The molecule has 0 saturated carbocycles. The molecule has 4 rings (SSSR count). The molecule has 2 aromatic carbocycles. The minimum Gasteiger partial charge on any atom is -0.383 e. The molecule has 2 amide bonds. The van der Waals surface area contributed by atoms with Gasteiger partial charge in [0.1, 0.15) is 5.82 Å². The molecule has 0 bridgehead atoms. The number of carbonyl (C=O) groups is 1. The highest BCUT2D eigenvalue weighted by Crippen LogP contribution is 2.28. The van der Waals surface area contributed by atoms with Crippen molar-refractivity contribution in [2.75, 3.05) is 38.7 Å². The number of aromatic nitrogens is 1. The second-order valence-corrected chi connectivity index (χ2v) is 7.93. The van der Waals surface area contributed by atoms with Crippen LogP contribution in [0.2, 0.25) is 0 Å². The van der Waals surface area contributed by atoms with Gasteiger partial charge in [0.05, 0.1) is 29.5 Å². The fourth-order valence-corrected chi connectivity index (χ4v) is 4.16. The molecule has 1 aliphatic rings. The number of aryl methyl sites for hydroxylation is 1. The van der Waals surface area contributed by atoms with Crippen molar-refractivity contribution in [2.45, 2.75) is 18.9 Å². The Hall–Kier alpha value is -3.03. The summed E-state index contributed by atoms with van der Waals surface area (Å²) in [5, 5.41) is 6.84. The van der Waals surface area contributed by atoms with E-state index < -0.39 is 0 Å². The van der Waals surface area contributed by atoms with Gasteiger partial charge in [-0.15, -0.1) is 0 Å². The number of fused-ring (bicyclic) bond motifs is 1. The van der Waals surface area contributed by atoms with Crippen LogP contribution in [0.3, 0.4) is 0 Å². The molecule has 3 aromatic rings. The first-order chi connectivity index (χ1) is 15.0. The second-order valence-electron chi connectivity index (χ2n) is 7.93. The summed E-state index contributed by atoms with van der Waals surface area (Å²) in [4.78, 5) is 19.6. The van der Waals surface area contributed by atoms with Crippen molar-refractivity contribution in [3.8, 4) is 0 Å². The number of amides is 2. The number of carbonyl (C=O) groups excluding carboxylic acids is 1. The maximum atomic E-state index is 13.5. The van der Waals surface area contributed by atoms with Gasteiger partial charge in [-0.05, 0) is 30.7 Å². The number of methoxy groups -OCH3 is 1. The summed E-state index contributed by atoms with van der Waals surface area (Å²) in [7, 11) is 1.70. The van der Waals surface area contributed by atoms with Gasteiger partial charge in [-0.25, -0.2) is 9.18 Å². The molecule has 1 aromatic heterocycles. The number of ether oxygens (including phenoxy) is 1. The Kier molecular flexibility index (Phi) is 6.44. The molecule has 0 unspecified atom stereocenters. The molecular weight excluding hydrogens is 395 g/mol. The fourth-order valence-electron chi connectivity index (χ4n) is 4.16. The fraction of sp³-hybridized carbons (Fsp3) is 0.333. The highest BCUT2D eigenvalue weighted by molar-refractivity contribution is 5.93. The van der Waals surface area contributed by atoms with Crippen LogP contribution in [-0.2, 0) is 4.74 Å². The first-order valence-electron chi connectivity index (χ1n) is 10.4. The summed E-state index contributed by atoms with van der Waals surface area (Å²) in [6.45, 7) is 4.90. The van der Waals surface area contributed by atoms with E-state index in [0.29, 0.717) is 23.5 Å². The van der Waals surface area contributed by atoms with Crippen LogP contribution in [-0.4, -0.2) is 55.3 Å². The third kappa shape index (κ3) is 5.00. The molecule has 1 fully saturated rings. The van der Waals surface area contributed by atoms with Gasteiger partial charge in [0.25, 0.3) is 0 Å². The number of anilines is 1. The van der Waals surface area contributed by atoms with Crippen molar-refractivity contribution in [1.82, 2.24) is 15.2 Å².